The number of aliphatic carboxylic acids is 1. The Morgan fingerprint density at radius 1 is 1.19 bits per heavy atom. The number of ether oxygens (including phenoxy) is 2. The highest BCUT2D eigenvalue weighted by atomic mass is 16.7. The van der Waals surface area contributed by atoms with Gasteiger partial charge in [-0.15, -0.1) is 0 Å². The minimum atomic E-state index is -0.834. The molecule has 1 aromatic rings. The summed E-state index contributed by atoms with van der Waals surface area (Å²) in [4.78, 5) is 22.1. The Labute approximate surface area is 123 Å². The molecule has 1 fully saturated rings. The monoisotopic (exact) mass is 293 g/mol. The van der Waals surface area contributed by atoms with Crippen molar-refractivity contribution in [3.05, 3.63) is 29.8 Å². The first kappa shape index (κ1) is 15.5. The maximum Gasteiger partial charge on any atom is 0.303 e. The summed E-state index contributed by atoms with van der Waals surface area (Å²) in [6.07, 6.45) is 1.11. The third-order valence-electron chi connectivity index (χ3n) is 3.11. The molecule has 0 aromatic heterocycles. The van der Waals surface area contributed by atoms with Crippen LogP contribution in [0.4, 0.5) is 5.69 Å². The Kier molecular flexibility index (Phi) is 5.71. The fraction of sp³-hybridized carbons (Fsp3) is 0.467. The molecular formula is C15H19NO5. The first-order valence-corrected chi connectivity index (χ1v) is 7.00. The van der Waals surface area contributed by atoms with Crippen molar-refractivity contribution in [3.63, 3.8) is 0 Å². The molecule has 114 valence electrons. The van der Waals surface area contributed by atoms with Crippen molar-refractivity contribution < 1.29 is 24.2 Å². The average molecular weight is 293 g/mol. The molecule has 2 N–H and O–H groups in total. The summed E-state index contributed by atoms with van der Waals surface area (Å²) in [6.45, 7) is 1.15. The third-order valence-corrected chi connectivity index (χ3v) is 3.11. The van der Waals surface area contributed by atoms with Gasteiger partial charge in [0.05, 0.1) is 13.2 Å². The zero-order chi connectivity index (χ0) is 15.1. The molecule has 1 saturated heterocycles. The molecule has 2 rings (SSSR count). The lowest BCUT2D eigenvalue weighted by molar-refractivity contribution is -0.137. The van der Waals surface area contributed by atoms with Gasteiger partial charge in [-0.2, -0.15) is 0 Å². The molecule has 1 heterocycles. The Hall–Kier alpha value is -1.92. The van der Waals surface area contributed by atoms with Crippen molar-refractivity contribution in [2.75, 3.05) is 18.5 Å². The van der Waals surface area contributed by atoms with Gasteiger partial charge in [0.2, 0.25) is 5.91 Å². The fourth-order valence-corrected chi connectivity index (χ4v) is 2.10. The standard InChI is InChI=1S/C15H19NO5/c17-13(6-1-2-7-14(18)19)16-12-5-3-4-11(10-12)15-20-8-9-21-15/h3-5,10,15H,1-2,6-9H2,(H,16,17)(H,18,19). The zero-order valence-corrected chi connectivity index (χ0v) is 11.7. The maximum atomic E-state index is 11.8. The van der Waals surface area contributed by atoms with E-state index in [9.17, 15) is 9.59 Å². The van der Waals surface area contributed by atoms with Crippen LogP contribution < -0.4 is 5.32 Å². The van der Waals surface area contributed by atoms with Crippen molar-refractivity contribution in [1.82, 2.24) is 0 Å². The van der Waals surface area contributed by atoms with Gasteiger partial charge >= 0.3 is 5.97 Å². The fourth-order valence-electron chi connectivity index (χ4n) is 2.10. The zero-order valence-electron chi connectivity index (χ0n) is 11.7. The van der Waals surface area contributed by atoms with Gasteiger partial charge in [0.15, 0.2) is 6.29 Å². The molecule has 0 atom stereocenters. The molecule has 6 heteroatoms. The summed E-state index contributed by atoms with van der Waals surface area (Å²) in [6, 6.07) is 7.34. The lowest BCUT2D eigenvalue weighted by atomic mass is 10.1. The van der Waals surface area contributed by atoms with Crippen LogP contribution in [0.1, 0.15) is 37.5 Å². The predicted octanol–water partition coefficient (Wildman–Crippen LogP) is 2.32. The summed E-state index contributed by atoms with van der Waals surface area (Å²) in [5.41, 5.74) is 1.56. The SMILES string of the molecule is O=C(O)CCCCC(=O)Nc1cccc(C2OCCO2)c1. The highest BCUT2D eigenvalue weighted by Crippen LogP contribution is 2.25. The predicted molar refractivity (Wildman–Crippen MR) is 75.8 cm³/mol. The van der Waals surface area contributed by atoms with E-state index in [1.54, 1.807) is 6.07 Å². The van der Waals surface area contributed by atoms with E-state index >= 15 is 0 Å². The molecule has 1 aromatic carbocycles. The van der Waals surface area contributed by atoms with Crippen LogP contribution in [-0.2, 0) is 19.1 Å². The first-order valence-electron chi connectivity index (χ1n) is 7.00. The number of benzene rings is 1. The third kappa shape index (κ3) is 5.17. The number of hydrogen-bond donors (Lipinski definition) is 2. The Bertz CT molecular complexity index is 497. The van der Waals surface area contributed by atoms with E-state index in [2.05, 4.69) is 5.32 Å². The summed E-state index contributed by atoms with van der Waals surface area (Å²) in [5, 5.41) is 11.3. The minimum Gasteiger partial charge on any atom is -0.481 e. The van der Waals surface area contributed by atoms with Gasteiger partial charge in [-0.1, -0.05) is 12.1 Å². The van der Waals surface area contributed by atoms with Crippen LogP contribution in [0.15, 0.2) is 24.3 Å². The van der Waals surface area contributed by atoms with Gasteiger partial charge in [-0.25, -0.2) is 0 Å². The normalized spacial score (nSPS) is 15.0. The number of carboxylic acid groups (broad SMARTS) is 1. The number of rotatable bonds is 7. The molecular weight excluding hydrogens is 274 g/mol. The summed E-state index contributed by atoms with van der Waals surface area (Å²) < 4.78 is 10.8. The van der Waals surface area contributed by atoms with Crippen LogP contribution >= 0.6 is 0 Å². The summed E-state index contributed by atoms with van der Waals surface area (Å²) in [7, 11) is 0. The van der Waals surface area contributed by atoms with Crippen molar-refractivity contribution in [2.45, 2.75) is 32.0 Å². The smallest absolute Gasteiger partial charge is 0.303 e. The van der Waals surface area contributed by atoms with Gasteiger partial charge in [0, 0.05) is 24.1 Å². The molecule has 0 unspecified atom stereocenters. The van der Waals surface area contributed by atoms with E-state index in [1.165, 1.54) is 0 Å². The van der Waals surface area contributed by atoms with Crippen LogP contribution in [0.5, 0.6) is 0 Å². The number of carbonyl (C=O) groups is 2. The average Bonchev–Trinajstić information content (AvgIpc) is 2.98. The second kappa shape index (κ2) is 7.75. The number of carboxylic acids is 1. The highest BCUT2D eigenvalue weighted by Gasteiger charge is 2.18. The number of carbonyl (C=O) groups excluding carboxylic acids is 1. The number of amides is 1. The van der Waals surface area contributed by atoms with E-state index < -0.39 is 5.97 Å². The number of unbranched alkanes of at least 4 members (excludes halogenated alkanes) is 1. The van der Waals surface area contributed by atoms with Crippen LogP contribution in [0.3, 0.4) is 0 Å². The van der Waals surface area contributed by atoms with Crippen molar-refractivity contribution in [3.8, 4) is 0 Å². The van der Waals surface area contributed by atoms with Crippen LogP contribution in [0.25, 0.3) is 0 Å². The maximum absolute atomic E-state index is 11.8. The van der Waals surface area contributed by atoms with E-state index in [1.807, 2.05) is 18.2 Å². The van der Waals surface area contributed by atoms with E-state index in [0.29, 0.717) is 38.2 Å². The highest BCUT2D eigenvalue weighted by molar-refractivity contribution is 5.90. The minimum absolute atomic E-state index is 0.0964. The van der Waals surface area contributed by atoms with Gasteiger partial charge in [-0.3, -0.25) is 9.59 Å². The number of anilines is 1. The first-order chi connectivity index (χ1) is 10.1. The quantitative estimate of drug-likeness (QED) is 0.754. The Balaban J connectivity index is 1.80. The van der Waals surface area contributed by atoms with Crippen LogP contribution in [0.2, 0.25) is 0 Å². The largest absolute Gasteiger partial charge is 0.481 e. The van der Waals surface area contributed by atoms with E-state index in [0.717, 1.165) is 5.56 Å². The van der Waals surface area contributed by atoms with Gasteiger partial charge < -0.3 is 19.9 Å². The molecule has 0 radical (unpaired) electrons. The Morgan fingerprint density at radius 3 is 2.62 bits per heavy atom. The molecule has 21 heavy (non-hydrogen) atoms. The topological polar surface area (TPSA) is 84.9 Å². The number of hydrogen-bond acceptors (Lipinski definition) is 4. The van der Waals surface area contributed by atoms with Crippen molar-refractivity contribution in [1.29, 1.82) is 0 Å². The molecule has 0 bridgehead atoms. The Morgan fingerprint density at radius 2 is 1.90 bits per heavy atom. The van der Waals surface area contributed by atoms with E-state index in [4.69, 9.17) is 14.6 Å². The summed E-state index contributed by atoms with van der Waals surface area (Å²) >= 11 is 0. The summed E-state index contributed by atoms with van der Waals surface area (Å²) in [5.74, 6) is -0.953. The van der Waals surface area contributed by atoms with Gasteiger partial charge in [0.1, 0.15) is 0 Å². The molecule has 6 nitrogen and oxygen atoms in total. The van der Waals surface area contributed by atoms with Gasteiger partial charge in [-0.05, 0) is 25.0 Å². The lowest BCUT2D eigenvalue weighted by Crippen LogP contribution is -2.12. The van der Waals surface area contributed by atoms with Crippen molar-refractivity contribution >= 4 is 17.6 Å². The molecule has 1 aliphatic rings. The molecule has 1 amide bonds. The molecule has 0 aliphatic carbocycles. The van der Waals surface area contributed by atoms with Crippen LogP contribution in [0, 0.1) is 0 Å². The van der Waals surface area contributed by atoms with Crippen LogP contribution in [-0.4, -0.2) is 30.2 Å². The second-order valence-corrected chi connectivity index (χ2v) is 4.85. The van der Waals surface area contributed by atoms with Gasteiger partial charge in [0.25, 0.3) is 0 Å². The van der Waals surface area contributed by atoms with Crippen molar-refractivity contribution in [2.24, 2.45) is 0 Å². The lowest BCUT2D eigenvalue weighted by Gasteiger charge is -2.11. The molecule has 0 saturated carbocycles. The molecule has 0 spiro atoms. The molecule has 1 aliphatic heterocycles. The van der Waals surface area contributed by atoms with E-state index in [-0.39, 0.29) is 18.6 Å². The second-order valence-electron chi connectivity index (χ2n) is 4.85. The number of nitrogens with one attached hydrogen (secondary N) is 1.